The fourth-order valence-corrected chi connectivity index (χ4v) is 1.90. The number of nitrogens with zero attached hydrogens (tertiary/aromatic N) is 2. The van der Waals surface area contributed by atoms with E-state index in [9.17, 15) is 0 Å². The fraction of sp³-hybridized carbons (Fsp3) is 0.308. The summed E-state index contributed by atoms with van der Waals surface area (Å²) in [5.41, 5.74) is 2.18. The van der Waals surface area contributed by atoms with Crippen molar-refractivity contribution in [3.8, 4) is 11.3 Å². The van der Waals surface area contributed by atoms with Crippen LogP contribution in [-0.2, 0) is 5.54 Å². The minimum atomic E-state index is 0.0320. The Balaban J connectivity index is 2.39. The van der Waals surface area contributed by atoms with Gasteiger partial charge in [-0.3, -0.25) is 4.68 Å². The standard InChI is InChI=1S/C13H15BrN2/c1-13(2,3)16-8-7-12(15-16)10-5-4-6-11(14)9-10/h4-9H,1-3H3. The average molecular weight is 279 g/mol. The Labute approximate surface area is 104 Å². The molecule has 0 fully saturated rings. The van der Waals surface area contributed by atoms with Gasteiger partial charge in [-0.25, -0.2) is 0 Å². The van der Waals surface area contributed by atoms with E-state index < -0.39 is 0 Å². The zero-order valence-electron chi connectivity index (χ0n) is 9.74. The fourth-order valence-electron chi connectivity index (χ4n) is 1.50. The van der Waals surface area contributed by atoms with Crippen LogP contribution in [0.5, 0.6) is 0 Å². The van der Waals surface area contributed by atoms with Crippen molar-refractivity contribution in [2.24, 2.45) is 0 Å². The third-order valence-electron chi connectivity index (χ3n) is 2.40. The van der Waals surface area contributed by atoms with Crippen molar-refractivity contribution in [2.45, 2.75) is 26.3 Å². The van der Waals surface area contributed by atoms with Crippen LogP contribution in [0.1, 0.15) is 20.8 Å². The largest absolute Gasteiger partial charge is 0.267 e. The van der Waals surface area contributed by atoms with Crippen molar-refractivity contribution in [3.63, 3.8) is 0 Å². The molecule has 3 heteroatoms. The maximum atomic E-state index is 4.59. The van der Waals surface area contributed by atoms with Crippen LogP contribution in [0.3, 0.4) is 0 Å². The molecule has 0 unspecified atom stereocenters. The maximum Gasteiger partial charge on any atom is 0.0923 e. The lowest BCUT2D eigenvalue weighted by Crippen LogP contribution is -2.22. The first-order chi connectivity index (χ1) is 7.47. The number of aromatic nitrogens is 2. The van der Waals surface area contributed by atoms with Crippen LogP contribution in [-0.4, -0.2) is 9.78 Å². The summed E-state index contributed by atoms with van der Waals surface area (Å²) in [6.45, 7) is 6.43. The van der Waals surface area contributed by atoms with Crippen LogP contribution in [0.4, 0.5) is 0 Å². The summed E-state index contributed by atoms with van der Waals surface area (Å²) < 4.78 is 3.07. The first-order valence-electron chi connectivity index (χ1n) is 5.29. The molecule has 1 aromatic heterocycles. The van der Waals surface area contributed by atoms with Gasteiger partial charge in [0, 0.05) is 16.2 Å². The second-order valence-electron chi connectivity index (χ2n) is 4.83. The van der Waals surface area contributed by atoms with Gasteiger partial charge >= 0.3 is 0 Å². The predicted octanol–water partition coefficient (Wildman–Crippen LogP) is 4.07. The highest BCUT2D eigenvalue weighted by molar-refractivity contribution is 9.10. The lowest BCUT2D eigenvalue weighted by molar-refractivity contribution is 0.356. The topological polar surface area (TPSA) is 17.8 Å². The monoisotopic (exact) mass is 278 g/mol. The van der Waals surface area contributed by atoms with Crippen LogP contribution in [0.25, 0.3) is 11.3 Å². The highest BCUT2D eigenvalue weighted by atomic mass is 79.9. The van der Waals surface area contributed by atoms with Gasteiger partial charge < -0.3 is 0 Å². The van der Waals surface area contributed by atoms with E-state index in [2.05, 4.69) is 53.9 Å². The molecule has 16 heavy (non-hydrogen) atoms. The van der Waals surface area contributed by atoms with Gasteiger partial charge in [0.2, 0.25) is 0 Å². The molecule has 0 aliphatic carbocycles. The van der Waals surface area contributed by atoms with Crippen LogP contribution in [0.2, 0.25) is 0 Å². The van der Waals surface area contributed by atoms with Gasteiger partial charge in [-0.1, -0.05) is 28.1 Å². The smallest absolute Gasteiger partial charge is 0.0923 e. The molecule has 0 bridgehead atoms. The van der Waals surface area contributed by atoms with Crippen molar-refractivity contribution >= 4 is 15.9 Å². The van der Waals surface area contributed by atoms with Gasteiger partial charge in [-0.05, 0) is 39.0 Å². The molecule has 2 rings (SSSR count). The molecule has 0 radical (unpaired) electrons. The van der Waals surface area contributed by atoms with Crippen molar-refractivity contribution in [2.75, 3.05) is 0 Å². The molecule has 0 amide bonds. The summed E-state index contributed by atoms with van der Waals surface area (Å²) in [6, 6.07) is 10.2. The molecular weight excluding hydrogens is 264 g/mol. The first kappa shape index (κ1) is 11.4. The Morgan fingerprint density at radius 2 is 1.94 bits per heavy atom. The first-order valence-corrected chi connectivity index (χ1v) is 6.08. The van der Waals surface area contributed by atoms with E-state index in [0.717, 1.165) is 15.7 Å². The van der Waals surface area contributed by atoms with Crippen LogP contribution in [0, 0.1) is 0 Å². The number of benzene rings is 1. The van der Waals surface area contributed by atoms with Crippen molar-refractivity contribution in [1.82, 2.24) is 9.78 Å². The Morgan fingerprint density at radius 1 is 1.19 bits per heavy atom. The molecule has 2 nitrogen and oxygen atoms in total. The van der Waals surface area contributed by atoms with Crippen LogP contribution >= 0.6 is 15.9 Å². The Kier molecular flexibility index (Phi) is 2.89. The number of halogens is 1. The second-order valence-corrected chi connectivity index (χ2v) is 5.74. The minimum Gasteiger partial charge on any atom is -0.267 e. The number of hydrogen-bond donors (Lipinski definition) is 0. The van der Waals surface area contributed by atoms with Gasteiger partial charge in [0.15, 0.2) is 0 Å². The summed E-state index contributed by atoms with van der Waals surface area (Å²) in [5, 5.41) is 4.59. The molecule has 0 saturated heterocycles. The molecule has 0 atom stereocenters. The van der Waals surface area contributed by atoms with Crippen molar-refractivity contribution in [3.05, 3.63) is 41.0 Å². The van der Waals surface area contributed by atoms with Gasteiger partial charge in [0.1, 0.15) is 0 Å². The van der Waals surface area contributed by atoms with Crippen molar-refractivity contribution in [1.29, 1.82) is 0 Å². The van der Waals surface area contributed by atoms with Gasteiger partial charge in [0.05, 0.1) is 11.2 Å². The van der Waals surface area contributed by atoms with Gasteiger partial charge in [0.25, 0.3) is 0 Å². The summed E-state index contributed by atoms with van der Waals surface area (Å²) >= 11 is 3.47. The van der Waals surface area contributed by atoms with Crippen LogP contribution < -0.4 is 0 Å². The quantitative estimate of drug-likeness (QED) is 0.769. The zero-order valence-corrected chi connectivity index (χ0v) is 11.3. The van der Waals surface area contributed by atoms with Crippen LogP contribution in [0.15, 0.2) is 41.0 Å². The molecule has 1 heterocycles. The maximum absolute atomic E-state index is 4.59. The van der Waals surface area contributed by atoms with E-state index in [0.29, 0.717) is 0 Å². The van der Waals surface area contributed by atoms with Crippen molar-refractivity contribution < 1.29 is 0 Å². The van der Waals surface area contributed by atoms with E-state index in [-0.39, 0.29) is 5.54 Å². The predicted molar refractivity (Wildman–Crippen MR) is 70.4 cm³/mol. The van der Waals surface area contributed by atoms with E-state index in [4.69, 9.17) is 0 Å². The molecule has 1 aromatic carbocycles. The second kappa shape index (κ2) is 4.06. The Morgan fingerprint density at radius 3 is 2.50 bits per heavy atom. The normalized spacial score (nSPS) is 11.8. The lowest BCUT2D eigenvalue weighted by atomic mass is 10.1. The lowest BCUT2D eigenvalue weighted by Gasteiger charge is -2.18. The summed E-state index contributed by atoms with van der Waals surface area (Å²) in [4.78, 5) is 0. The molecule has 0 N–H and O–H groups in total. The zero-order chi connectivity index (χ0) is 11.8. The summed E-state index contributed by atoms with van der Waals surface area (Å²) in [6.07, 6.45) is 2.02. The molecule has 0 spiro atoms. The Hall–Kier alpha value is -1.09. The molecule has 2 aromatic rings. The van der Waals surface area contributed by atoms with Gasteiger partial charge in [-0.15, -0.1) is 0 Å². The van der Waals surface area contributed by atoms with E-state index in [1.54, 1.807) is 0 Å². The molecule has 0 saturated carbocycles. The molecular formula is C13H15BrN2. The molecule has 0 aliphatic rings. The SMILES string of the molecule is CC(C)(C)n1ccc(-c2cccc(Br)c2)n1. The summed E-state index contributed by atoms with van der Waals surface area (Å²) in [7, 11) is 0. The number of rotatable bonds is 1. The average Bonchev–Trinajstić information content (AvgIpc) is 2.65. The van der Waals surface area contributed by atoms with E-state index in [1.165, 1.54) is 0 Å². The third-order valence-corrected chi connectivity index (χ3v) is 2.89. The third kappa shape index (κ3) is 2.35. The van der Waals surface area contributed by atoms with E-state index >= 15 is 0 Å². The highest BCUT2D eigenvalue weighted by Gasteiger charge is 2.14. The van der Waals surface area contributed by atoms with E-state index in [1.807, 2.05) is 29.1 Å². The molecule has 84 valence electrons. The van der Waals surface area contributed by atoms with Gasteiger partial charge in [-0.2, -0.15) is 5.10 Å². The Bertz CT molecular complexity index is 495. The number of hydrogen-bond acceptors (Lipinski definition) is 1. The summed E-state index contributed by atoms with van der Waals surface area (Å²) in [5.74, 6) is 0. The highest BCUT2D eigenvalue weighted by Crippen LogP contribution is 2.23. The molecule has 0 aliphatic heterocycles. The minimum absolute atomic E-state index is 0.0320.